The van der Waals surface area contributed by atoms with Gasteiger partial charge in [0, 0.05) is 0 Å². The summed E-state index contributed by atoms with van der Waals surface area (Å²) in [5.41, 5.74) is 8.84. The van der Waals surface area contributed by atoms with Crippen LogP contribution < -0.4 is 8.75 Å². The molecule has 3 atom stereocenters. The van der Waals surface area contributed by atoms with Crippen molar-refractivity contribution in [3.63, 3.8) is 0 Å². The van der Waals surface area contributed by atoms with Gasteiger partial charge in [-0.1, -0.05) is 0 Å². The zero-order valence-electron chi connectivity index (χ0n) is 30.7. The van der Waals surface area contributed by atoms with Crippen molar-refractivity contribution >= 4 is 46.6 Å². The zero-order valence-corrected chi connectivity index (χ0v) is 35.2. The van der Waals surface area contributed by atoms with E-state index in [1.54, 1.807) is 0 Å². The average Bonchev–Trinajstić information content (AvgIpc) is 3.00. The molecule has 1 fully saturated rings. The number of ketones is 1. The van der Waals surface area contributed by atoms with Crippen LogP contribution in [0, 0.1) is 20.8 Å². The summed E-state index contributed by atoms with van der Waals surface area (Å²) in [5.74, 6) is 1.18. The normalized spacial score (nSPS) is 20.9. The molecule has 2 nitrogen and oxygen atoms in total. The first-order chi connectivity index (χ1) is 22.1. The van der Waals surface area contributed by atoms with Crippen LogP contribution in [0.2, 0.25) is 4.25 Å². The van der Waals surface area contributed by atoms with Crippen molar-refractivity contribution in [2.75, 3.05) is 0 Å². The van der Waals surface area contributed by atoms with Crippen LogP contribution in [0.1, 0.15) is 129 Å². The number of hydrogen-bond acceptors (Lipinski definition) is 2. The van der Waals surface area contributed by atoms with Gasteiger partial charge in [-0.25, -0.2) is 0 Å². The minimum absolute atomic E-state index is 0.0837. The Hall–Kier alpha value is -2.52. The fourth-order valence-corrected chi connectivity index (χ4v) is 33.7. The van der Waals surface area contributed by atoms with Gasteiger partial charge < -0.3 is 0 Å². The van der Waals surface area contributed by atoms with Gasteiger partial charge >= 0.3 is 295 Å². The molecule has 0 saturated carbocycles. The second-order valence-electron chi connectivity index (χ2n) is 15.7. The summed E-state index contributed by atoms with van der Waals surface area (Å²) in [4.78, 5) is 15.3. The van der Waals surface area contributed by atoms with Gasteiger partial charge in [0.25, 0.3) is 0 Å². The Morgan fingerprint density at radius 1 is 0.723 bits per heavy atom. The fraction of sp³-hybridized carbons (Fsp3) is 0.395. The molecule has 1 aliphatic heterocycles. The molecule has 3 unspecified atom stereocenters. The van der Waals surface area contributed by atoms with Gasteiger partial charge in [-0.05, 0) is 0 Å². The van der Waals surface area contributed by atoms with Crippen molar-refractivity contribution in [2.45, 2.75) is 111 Å². The maximum atomic E-state index is 15.3. The number of benzene rings is 4. The number of carbonyl (C=O) groups is 1. The number of carbonyl (C=O) groups excluding carboxylic acids is 1. The van der Waals surface area contributed by atoms with Crippen molar-refractivity contribution in [3.8, 4) is 0 Å². The Morgan fingerprint density at radius 2 is 1.21 bits per heavy atom. The van der Waals surface area contributed by atoms with Gasteiger partial charge in [-0.15, -0.1) is 0 Å². The van der Waals surface area contributed by atoms with E-state index in [-0.39, 0.29) is 10.0 Å². The van der Waals surface area contributed by atoms with Crippen LogP contribution in [0.5, 0.6) is 0 Å². The van der Waals surface area contributed by atoms with E-state index in [0.29, 0.717) is 17.8 Å². The van der Waals surface area contributed by atoms with Gasteiger partial charge in [0.05, 0.1) is 0 Å². The number of rotatable bonds is 8. The van der Waals surface area contributed by atoms with Gasteiger partial charge in [0.1, 0.15) is 0 Å². The molecule has 0 spiro atoms. The molecule has 0 N–H and O–H groups in total. The third kappa shape index (κ3) is 6.13. The molecule has 1 heterocycles. The molecule has 0 bridgehead atoms. The van der Waals surface area contributed by atoms with Crippen LogP contribution in [-0.2, 0) is 9.36 Å². The first kappa shape index (κ1) is 35.8. The summed E-state index contributed by atoms with van der Waals surface area (Å²) >= 11 is -5.19. The second kappa shape index (κ2) is 13.4. The van der Waals surface area contributed by atoms with Crippen LogP contribution in [0.15, 0.2) is 84.9 Å². The summed E-state index contributed by atoms with van der Waals surface area (Å²) in [7, 11) is 0. The second-order valence-corrected chi connectivity index (χ2v) is 29.9. The Balaban J connectivity index is 2.01. The van der Waals surface area contributed by atoms with Gasteiger partial charge in [0.2, 0.25) is 0 Å². The Bertz CT molecular complexity index is 1760. The van der Waals surface area contributed by atoms with Crippen LogP contribution in [-0.4, -0.2) is 37.8 Å². The average molecular weight is 751 g/mol. The minimum atomic E-state index is -3.80. The van der Waals surface area contributed by atoms with Crippen LogP contribution >= 0.6 is 0 Å². The van der Waals surface area contributed by atoms with Crippen molar-refractivity contribution in [3.05, 3.63) is 129 Å². The van der Waals surface area contributed by atoms with E-state index in [1.807, 2.05) is 36.4 Å². The van der Waals surface area contributed by atoms with Crippen LogP contribution in [0.25, 0.3) is 0 Å². The quantitative estimate of drug-likeness (QED) is 0.133. The van der Waals surface area contributed by atoms with E-state index in [1.165, 1.54) is 45.3 Å². The summed E-state index contributed by atoms with van der Waals surface area (Å²) < 4.78 is 12.3. The summed E-state index contributed by atoms with van der Waals surface area (Å²) in [6.45, 7) is 28.0. The molecule has 0 radical (unpaired) electrons. The first-order valence-corrected chi connectivity index (χ1v) is 23.8. The predicted molar refractivity (Wildman–Crippen MR) is 208 cm³/mol. The molecule has 4 aromatic carbocycles. The van der Waals surface area contributed by atoms with Crippen molar-refractivity contribution in [2.24, 2.45) is 0 Å². The summed E-state index contributed by atoms with van der Waals surface area (Å²) in [5, 5.41) is 0. The molecule has 47 heavy (non-hydrogen) atoms. The van der Waals surface area contributed by atoms with Gasteiger partial charge in [0.15, 0.2) is 0 Å². The maximum absolute atomic E-state index is 15.3. The molecule has 4 heteroatoms. The first-order valence-electron chi connectivity index (χ1n) is 17.4. The third-order valence-corrected chi connectivity index (χ3v) is 30.9. The van der Waals surface area contributed by atoms with E-state index < -0.39 is 34.5 Å². The van der Waals surface area contributed by atoms with Crippen LogP contribution in [0.4, 0.5) is 0 Å². The molecule has 248 valence electrons. The molecule has 1 saturated heterocycles. The van der Waals surface area contributed by atoms with Gasteiger partial charge in [-0.3, -0.25) is 0 Å². The fourth-order valence-electron chi connectivity index (χ4n) is 7.77. The van der Waals surface area contributed by atoms with E-state index in [9.17, 15) is 0 Å². The molecule has 0 aliphatic carbocycles. The summed E-state index contributed by atoms with van der Waals surface area (Å²) in [6, 6.07) is 30.0. The molecule has 5 rings (SSSR count). The predicted octanol–water partition coefficient (Wildman–Crippen LogP) is 8.95. The molecule has 0 amide bonds. The van der Waals surface area contributed by atoms with Crippen molar-refractivity contribution in [1.29, 1.82) is 0 Å². The van der Waals surface area contributed by atoms with Crippen molar-refractivity contribution < 1.29 is 8.56 Å². The standard InChI is InChI=1S/C43H55AsGeO2/c1-27(2)34-25-36(28(3)4)39(37(26-34)29(5)6)45(42(10,11)12)41(44-38-31(8)23-30(7)24-32(38)9)43(47-45,35-21-17-14-18-22-35)40(46)33-19-15-13-16-20-33/h13-29H,44H2,1-12H3. The van der Waals surface area contributed by atoms with E-state index >= 15 is 4.79 Å². The van der Waals surface area contributed by atoms with Crippen molar-refractivity contribution in [1.82, 2.24) is 0 Å². The monoisotopic (exact) mass is 752 g/mol. The topological polar surface area (TPSA) is 26.3 Å². The number of Topliss-reactive ketones (excluding diaryl/α,β-unsaturated/α-hetero) is 1. The zero-order chi connectivity index (χ0) is 34.5. The third-order valence-electron chi connectivity index (χ3n) is 10.2. The molecular weight excluding hydrogens is 696 g/mol. The van der Waals surface area contributed by atoms with E-state index in [0.717, 1.165) is 11.1 Å². The van der Waals surface area contributed by atoms with Gasteiger partial charge in [-0.2, -0.15) is 0 Å². The molecule has 0 aromatic heterocycles. The Labute approximate surface area is 293 Å². The molecular formula is C43H55AsGeO2. The summed E-state index contributed by atoms with van der Waals surface area (Å²) in [6.07, 6.45) is 0. The van der Waals surface area contributed by atoms with Crippen LogP contribution in [0.3, 0.4) is 0 Å². The molecule has 4 aromatic rings. The SMILES string of the molecule is Cc1cc(C)c([AsH2]=[C]2C(C(=O)c3ccccc3)(c3ccccc3)[O][Ge]2([c]2c(C(C)C)cc(C(C)C)cc2C(C)C)[C](C)(C)C)c(C)c1. The number of aryl methyl sites for hydroxylation is 3. The molecule has 1 aliphatic rings. The van der Waals surface area contributed by atoms with E-state index in [4.69, 9.17) is 3.76 Å². The Morgan fingerprint density at radius 3 is 1.66 bits per heavy atom. The number of hydrogen-bond donors (Lipinski definition) is 0. The Kier molecular flexibility index (Phi) is 10.2. The van der Waals surface area contributed by atoms with E-state index in [2.05, 4.69) is 132 Å².